The number of carbonyl (C=O) groups excluding carboxylic acids is 2. The number of aromatic nitrogens is 1. The fraction of sp³-hybridized carbons (Fsp3) is 0.435. The van der Waals surface area contributed by atoms with Gasteiger partial charge in [0, 0.05) is 31.6 Å². The number of benzene rings is 1. The average Bonchev–Trinajstić information content (AvgIpc) is 2.70. The van der Waals surface area contributed by atoms with E-state index in [4.69, 9.17) is 0 Å². The molecule has 4 rings (SSSR count). The van der Waals surface area contributed by atoms with Crippen LogP contribution in [0.2, 0.25) is 0 Å². The number of rotatable bonds is 6. The molecule has 6 heteroatoms. The van der Waals surface area contributed by atoms with Gasteiger partial charge in [0.2, 0.25) is 5.91 Å². The highest BCUT2D eigenvalue weighted by Gasteiger charge is 2.53. The summed E-state index contributed by atoms with van der Waals surface area (Å²) in [5, 5.41) is 10.1. The SMILES string of the molecule is CN(C[C@@H]1[C@H](c2ccccc2)[C@@H](CO)N1C(=O)C1CCC1)C(=O)c1ccccn1. The van der Waals surface area contributed by atoms with Crippen LogP contribution in [0.4, 0.5) is 0 Å². The molecule has 3 atom stereocenters. The molecule has 1 N–H and O–H groups in total. The van der Waals surface area contributed by atoms with Crippen LogP contribution in [-0.2, 0) is 4.79 Å². The Bertz CT molecular complexity index is 854. The molecule has 0 bridgehead atoms. The highest BCUT2D eigenvalue weighted by atomic mass is 16.3. The zero-order valence-electron chi connectivity index (χ0n) is 16.6. The zero-order valence-corrected chi connectivity index (χ0v) is 16.6. The van der Waals surface area contributed by atoms with E-state index in [1.54, 1.807) is 36.3 Å². The number of carbonyl (C=O) groups is 2. The predicted octanol–water partition coefficient (Wildman–Crippen LogP) is 2.31. The molecule has 152 valence electrons. The maximum Gasteiger partial charge on any atom is 0.272 e. The van der Waals surface area contributed by atoms with Crippen LogP contribution in [0.25, 0.3) is 0 Å². The number of hydrogen-bond acceptors (Lipinski definition) is 4. The minimum atomic E-state index is -0.242. The predicted molar refractivity (Wildman–Crippen MR) is 109 cm³/mol. The average molecular weight is 393 g/mol. The molecular weight excluding hydrogens is 366 g/mol. The van der Waals surface area contributed by atoms with Crippen LogP contribution in [0, 0.1) is 5.92 Å². The van der Waals surface area contributed by atoms with Gasteiger partial charge in [0.05, 0.1) is 18.7 Å². The van der Waals surface area contributed by atoms with Crippen molar-refractivity contribution in [1.29, 1.82) is 0 Å². The van der Waals surface area contributed by atoms with Crippen LogP contribution < -0.4 is 0 Å². The summed E-state index contributed by atoms with van der Waals surface area (Å²) in [5.41, 5.74) is 1.48. The lowest BCUT2D eigenvalue weighted by atomic mass is 9.72. The molecular formula is C23H27N3O3. The van der Waals surface area contributed by atoms with Gasteiger partial charge in [0.25, 0.3) is 5.91 Å². The molecule has 2 amide bonds. The molecule has 2 fully saturated rings. The van der Waals surface area contributed by atoms with E-state index in [1.165, 1.54) is 0 Å². The molecule has 2 aromatic rings. The van der Waals surface area contributed by atoms with Crippen molar-refractivity contribution in [2.75, 3.05) is 20.2 Å². The third-order valence-electron chi connectivity index (χ3n) is 6.32. The standard InChI is InChI=1S/C23H27N3O3/c1-25(23(29)18-12-5-6-13-24-18)14-19-21(16-8-3-2-4-9-16)20(15-27)26(19)22(28)17-10-7-11-17/h2-6,8-9,12-13,17,19-21,27H,7,10-11,14-15H2,1H3/t19-,20-,21+/m1/s1. The maximum atomic E-state index is 13.1. The summed E-state index contributed by atoms with van der Waals surface area (Å²) in [6.07, 6.45) is 4.52. The summed E-state index contributed by atoms with van der Waals surface area (Å²) in [6.45, 7) is 0.330. The number of aliphatic hydroxyl groups is 1. The Hall–Kier alpha value is -2.73. The first-order valence-corrected chi connectivity index (χ1v) is 10.3. The molecule has 0 radical (unpaired) electrons. The number of aliphatic hydroxyl groups excluding tert-OH is 1. The van der Waals surface area contributed by atoms with Gasteiger partial charge < -0.3 is 14.9 Å². The lowest BCUT2D eigenvalue weighted by Crippen LogP contribution is -2.69. The van der Waals surface area contributed by atoms with Crippen LogP contribution in [0.3, 0.4) is 0 Å². The van der Waals surface area contributed by atoms with Gasteiger partial charge in [-0.3, -0.25) is 14.6 Å². The molecule has 29 heavy (non-hydrogen) atoms. The zero-order chi connectivity index (χ0) is 20.4. The monoisotopic (exact) mass is 393 g/mol. The van der Waals surface area contributed by atoms with Crippen LogP contribution >= 0.6 is 0 Å². The quantitative estimate of drug-likeness (QED) is 0.817. The molecule has 1 saturated heterocycles. The van der Waals surface area contributed by atoms with Crippen molar-refractivity contribution in [2.24, 2.45) is 5.92 Å². The van der Waals surface area contributed by atoms with E-state index in [-0.39, 0.29) is 42.3 Å². The fourth-order valence-corrected chi connectivity index (χ4v) is 4.51. The first-order valence-electron chi connectivity index (χ1n) is 10.3. The summed E-state index contributed by atoms with van der Waals surface area (Å²) in [5.74, 6) is 0.0105. The van der Waals surface area contributed by atoms with Crippen molar-refractivity contribution in [1.82, 2.24) is 14.8 Å². The highest BCUT2D eigenvalue weighted by molar-refractivity contribution is 5.92. The second-order valence-electron chi connectivity index (χ2n) is 8.03. The molecule has 1 saturated carbocycles. The minimum Gasteiger partial charge on any atom is -0.394 e. The number of pyridine rings is 1. The molecule has 2 heterocycles. The molecule has 1 aliphatic heterocycles. The van der Waals surface area contributed by atoms with Gasteiger partial charge in [-0.25, -0.2) is 0 Å². The van der Waals surface area contributed by atoms with Crippen LogP contribution in [0.1, 0.15) is 41.2 Å². The van der Waals surface area contributed by atoms with Gasteiger partial charge in [-0.15, -0.1) is 0 Å². The first kappa shape index (κ1) is 19.6. The van der Waals surface area contributed by atoms with Gasteiger partial charge >= 0.3 is 0 Å². The van der Waals surface area contributed by atoms with Gasteiger partial charge in [0.15, 0.2) is 0 Å². The lowest BCUT2D eigenvalue weighted by molar-refractivity contribution is -0.158. The van der Waals surface area contributed by atoms with Crippen molar-refractivity contribution in [3.05, 3.63) is 66.0 Å². The van der Waals surface area contributed by atoms with Crippen molar-refractivity contribution in [2.45, 2.75) is 37.3 Å². The van der Waals surface area contributed by atoms with Crippen molar-refractivity contribution < 1.29 is 14.7 Å². The minimum absolute atomic E-state index is 0.00390. The maximum absolute atomic E-state index is 13.1. The van der Waals surface area contributed by atoms with Crippen molar-refractivity contribution in [3.8, 4) is 0 Å². The third kappa shape index (κ3) is 3.65. The first-order chi connectivity index (χ1) is 14.1. The van der Waals surface area contributed by atoms with Crippen LogP contribution in [0.15, 0.2) is 54.7 Å². The smallest absolute Gasteiger partial charge is 0.272 e. The van der Waals surface area contributed by atoms with Crippen molar-refractivity contribution >= 4 is 11.8 Å². The second-order valence-corrected chi connectivity index (χ2v) is 8.03. The summed E-state index contributed by atoms with van der Waals surface area (Å²) >= 11 is 0. The van der Waals surface area contributed by atoms with Crippen LogP contribution in [0.5, 0.6) is 0 Å². The molecule has 6 nitrogen and oxygen atoms in total. The number of hydrogen-bond donors (Lipinski definition) is 1. The largest absolute Gasteiger partial charge is 0.394 e. The highest BCUT2D eigenvalue weighted by Crippen LogP contribution is 2.43. The van der Waals surface area contributed by atoms with Gasteiger partial charge in [-0.2, -0.15) is 0 Å². The number of nitrogens with zero attached hydrogens (tertiary/aromatic N) is 3. The topological polar surface area (TPSA) is 73.7 Å². The molecule has 1 aromatic carbocycles. The van der Waals surface area contributed by atoms with E-state index in [1.807, 2.05) is 35.2 Å². The molecule has 0 unspecified atom stereocenters. The van der Waals surface area contributed by atoms with Gasteiger partial charge in [-0.1, -0.05) is 42.8 Å². The van der Waals surface area contributed by atoms with E-state index in [0.717, 1.165) is 24.8 Å². The number of likely N-dealkylation sites (tertiary alicyclic amines) is 1. The Morgan fingerprint density at radius 1 is 1.10 bits per heavy atom. The Morgan fingerprint density at radius 2 is 1.83 bits per heavy atom. The lowest BCUT2D eigenvalue weighted by Gasteiger charge is -2.57. The Labute approximate surface area is 171 Å². The van der Waals surface area contributed by atoms with E-state index < -0.39 is 0 Å². The Kier molecular flexibility index (Phi) is 5.62. The summed E-state index contributed by atoms with van der Waals surface area (Å²) in [7, 11) is 1.75. The van der Waals surface area contributed by atoms with Gasteiger partial charge in [-0.05, 0) is 30.5 Å². The molecule has 2 aliphatic rings. The summed E-state index contributed by atoms with van der Waals surface area (Å²) < 4.78 is 0. The van der Waals surface area contributed by atoms with Crippen molar-refractivity contribution in [3.63, 3.8) is 0 Å². The molecule has 1 aromatic heterocycles. The van der Waals surface area contributed by atoms with E-state index in [0.29, 0.717) is 12.2 Å². The number of amides is 2. The number of likely N-dealkylation sites (N-methyl/N-ethyl adjacent to an activating group) is 1. The molecule has 1 aliphatic carbocycles. The Balaban J connectivity index is 1.58. The molecule has 0 spiro atoms. The Morgan fingerprint density at radius 3 is 2.41 bits per heavy atom. The summed E-state index contributed by atoms with van der Waals surface area (Å²) in [6, 6.07) is 14.8. The second kappa shape index (κ2) is 8.33. The van der Waals surface area contributed by atoms with Gasteiger partial charge in [0.1, 0.15) is 5.69 Å². The summed E-state index contributed by atoms with van der Waals surface area (Å²) in [4.78, 5) is 33.5. The van der Waals surface area contributed by atoms with E-state index >= 15 is 0 Å². The normalized spacial score (nSPS) is 23.8. The fourth-order valence-electron chi connectivity index (χ4n) is 4.51. The van der Waals surface area contributed by atoms with E-state index in [2.05, 4.69) is 4.98 Å². The van der Waals surface area contributed by atoms with E-state index in [9.17, 15) is 14.7 Å². The van der Waals surface area contributed by atoms with Crippen LogP contribution in [-0.4, -0.2) is 64.0 Å². The third-order valence-corrected chi connectivity index (χ3v) is 6.32.